The van der Waals surface area contributed by atoms with Crippen LogP contribution in [-0.2, 0) is 9.53 Å². The van der Waals surface area contributed by atoms with Gasteiger partial charge in [0.1, 0.15) is 11.3 Å². The molecule has 0 aliphatic heterocycles. The lowest BCUT2D eigenvalue weighted by Crippen LogP contribution is -2.32. The zero-order chi connectivity index (χ0) is 16.8. The average molecular weight is 334 g/mol. The van der Waals surface area contributed by atoms with Crippen LogP contribution in [-0.4, -0.2) is 23.1 Å². The minimum Gasteiger partial charge on any atom is -0.507 e. The molecule has 0 radical (unpaired) electrons. The molecule has 2 rings (SSSR count). The number of rotatable bonds is 5. The third kappa shape index (κ3) is 4.47. The molecule has 5 nitrogen and oxygen atoms in total. The molecular formula is C17H16ClNO4. The minimum atomic E-state index is -0.971. The van der Waals surface area contributed by atoms with E-state index in [0.29, 0.717) is 12.1 Å². The maximum atomic E-state index is 12.2. The number of para-hydroxylation sites is 1. The van der Waals surface area contributed by atoms with E-state index in [1.807, 2.05) is 6.07 Å². The van der Waals surface area contributed by atoms with Crippen molar-refractivity contribution >= 4 is 29.2 Å². The van der Waals surface area contributed by atoms with Gasteiger partial charge < -0.3 is 15.2 Å². The van der Waals surface area contributed by atoms with E-state index in [2.05, 4.69) is 5.32 Å². The van der Waals surface area contributed by atoms with Crippen LogP contribution in [0.15, 0.2) is 48.5 Å². The number of aromatic hydroxyl groups is 1. The van der Waals surface area contributed by atoms with Gasteiger partial charge in [0.2, 0.25) is 0 Å². The van der Waals surface area contributed by atoms with Gasteiger partial charge in [-0.3, -0.25) is 4.79 Å². The van der Waals surface area contributed by atoms with Crippen molar-refractivity contribution < 1.29 is 19.4 Å². The zero-order valence-electron chi connectivity index (χ0n) is 12.5. The van der Waals surface area contributed by atoms with Crippen LogP contribution in [0.5, 0.6) is 5.75 Å². The number of carbonyl (C=O) groups is 2. The summed E-state index contributed by atoms with van der Waals surface area (Å²) in [6.45, 7) is 1.72. The molecule has 0 heterocycles. The number of hydrogen-bond donors (Lipinski definition) is 2. The van der Waals surface area contributed by atoms with Crippen molar-refractivity contribution in [2.75, 3.05) is 5.32 Å². The van der Waals surface area contributed by atoms with Gasteiger partial charge in [-0.1, -0.05) is 36.7 Å². The molecule has 2 N–H and O–H groups in total. The summed E-state index contributed by atoms with van der Waals surface area (Å²) in [4.78, 5) is 24.3. The van der Waals surface area contributed by atoms with Crippen molar-refractivity contribution in [3.63, 3.8) is 0 Å². The first-order valence-corrected chi connectivity index (χ1v) is 7.44. The zero-order valence-corrected chi connectivity index (χ0v) is 13.2. The molecule has 0 aliphatic rings. The SMILES string of the molecule is CCC(OC(=O)c1cc(Cl)ccc1O)C(=O)Nc1ccccc1. The van der Waals surface area contributed by atoms with E-state index in [1.54, 1.807) is 31.2 Å². The van der Waals surface area contributed by atoms with Crippen molar-refractivity contribution in [2.45, 2.75) is 19.4 Å². The fourth-order valence-corrected chi connectivity index (χ4v) is 2.10. The average Bonchev–Trinajstić information content (AvgIpc) is 2.55. The topological polar surface area (TPSA) is 75.6 Å². The lowest BCUT2D eigenvalue weighted by atomic mass is 10.2. The van der Waals surface area contributed by atoms with E-state index in [-0.39, 0.29) is 16.3 Å². The number of phenolic OH excluding ortho intramolecular Hbond substituents is 1. The second-order valence-electron chi connectivity index (χ2n) is 4.82. The highest BCUT2D eigenvalue weighted by Crippen LogP contribution is 2.23. The third-order valence-corrected chi connectivity index (χ3v) is 3.37. The van der Waals surface area contributed by atoms with E-state index in [0.717, 1.165) is 0 Å². The smallest absolute Gasteiger partial charge is 0.342 e. The van der Waals surface area contributed by atoms with Gasteiger partial charge in [-0.15, -0.1) is 0 Å². The first kappa shape index (κ1) is 16.8. The normalized spacial score (nSPS) is 11.6. The van der Waals surface area contributed by atoms with Crippen molar-refractivity contribution in [2.24, 2.45) is 0 Å². The summed E-state index contributed by atoms with van der Waals surface area (Å²) in [6.07, 6.45) is -0.674. The lowest BCUT2D eigenvalue weighted by molar-refractivity contribution is -0.124. The number of carbonyl (C=O) groups excluding carboxylic acids is 2. The molecule has 6 heteroatoms. The largest absolute Gasteiger partial charge is 0.507 e. The molecule has 0 spiro atoms. The molecule has 2 aromatic carbocycles. The summed E-state index contributed by atoms with van der Waals surface area (Å²) in [7, 11) is 0. The van der Waals surface area contributed by atoms with Crippen LogP contribution in [0.25, 0.3) is 0 Å². The minimum absolute atomic E-state index is 0.0801. The number of esters is 1. The highest BCUT2D eigenvalue weighted by Gasteiger charge is 2.23. The van der Waals surface area contributed by atoms with Crippen LogP contribution in [0.3, 0.4) is 0 Å². The Hall–Kier alpha value is -2.53. The maximum Gasteiger partial charge on any atom is 0.342 e. The molecule has 0 aromatic heterocycles. The molecule has 0 bridgehead atoms. The molecule has 0 saturated heterocycles. The first-order chi connectivity index (χ1) is 11.0. The van der Waals surface area contributed by atoms with Gasteiger partial charge in [-0.05, 0) is 36.8 Å². The van der Waals surface area contributed by atoms with Crippen LogP contribution in [0.2, 0.25) is 5.02 Å². The van der Waals surface area contributed by atoms with Crippen molar-refractivity contribution in [1.29, 1.82) is 0 Å². The predicted octanol–water partition coefficient (Wildman–Crippen LogP) is 3.62. The fourth-order valence-electron chi connectivity index (χ4n) is 1.93. The summed E-state index contributed by atoms with van der Waals surface area (Å²) < 4.78 is 5.19. The van der Waals surface area contributed by atoms with Crippen LogP contribution >= 0.6 is 11.6 Å². The van der Waals surface area contributed by atoms with Crippen LogP contribution < -0.4 is 5.32 Å². The van der Waals surface area contributed by atoms with Gasteiger partial charge in [0, 0.05) is 10.7 Å². The summed E-state index contributed by atoms with van der Waals surface area (Å²) in [5, 5.41) is 12.7. The Morgan fingerprint density at radius 1 is 1.22 bits per heavy atom. The summed E-state index contributed by atoms with van der Waals surface area (Å²) in [5.74, 6) is -1.49. The number of nitrogens with one attached hydrogen (secondary N) is 1. The number of ether oxygens (including phenoxy) is 1. The Morgan fingerprint density at radius 2 is 1.91 bits per heavy atom. The monoisotopic (exact) mass is 333 g/mol. The molecule has 1 atom stereocenters. The van der Waals surface area contributed by atoms with E-state index in [9.17, 15) is 14.7 Å². The quantitative estimate of drug-likeness (QED) is 0.819. The van der Waals surface area contributed by atoms with Gasteiger partial charge in [-0.25, -0.2) is 4.79 Å². The number of benzene rings is 2. The molecule has 1 unspecified atom stereocenters. The van der Waals surface area contributed by atoms with Gasteiger partial charge in [0.25, 0.3) is 5.91 Å². The number of halogens is 1. The standard InChI is InChI=1S/C17H16ClNO4/c1-2-15(16(21)19-12-6-4-3-5-7-12)23-17(22)13-10-11(18)8-9-14(13)20/h3-10,15,20H,2H2,1H3,(H,19,21). The van der Waals surface area contributed by atoms with Gasteiger partial charge in [0.05, 0.1) is 0 Å². The van der Waals surface area contributed by atoms with Gasteiger partial charge >= 0.3 is 5.97 Å². The second-order valence-corrected chi connectivity index (χ2v) is 5.26. The Kier molecular flexibility index (Phi) is 5.60. The number of anilines is 1. The van der Waals surface area contributed by atoms with Crippen LogP contribution in [0.1, 0.15) is 23.7 Å². The van der Waals surface area contributed by atoms with E-state index in [1.165, 1.54) is 18.2 Å². The predicted molar refractivity (Wildman–Crippen MR) is 87.7 cm³/mol. The lowest BCUT2D eigenvalue weighted by Gasteiger charge is -2.16. The fraction of sp³-hybridized carbons (Fsp3) is 0.176. The van der Waals surface area contributed by atoms with E-state index in [4.69, 9.17) is 16.3 Å². The molecule has 0 fully saturated rings. The molecule has 2 aromatic rings. The molecular weight excluding hydrogens is 318 g/mol. The molecule has 120 valence electrons. The molecule has 0 aliphatic carbocycles. The number of amides is 1. The second kappa shape index (κ2) is 7.65. The Morgan fingerprint density at radius 3 is 2.57 bits per heavy atom. The van der Waals surface area contributed by atoms with Crippen molar-refractivity contribution in [3.8, 4) is 5.75 Å². The molecule has 1 amide bonds. The number of hydrogen-bond acceptors (Lipinski definition) is 4. The molecule has 0 saturated carbocycles. The van der Waals surface area contributed by atoms with Crippen molar-refractivity contribution in [1.82, 2.24) is 0 Å². The highest BCUT2D eigenvalue weighted by atomic mass is 35.5. The number of phenols is 1. The third-order valence-electron chi connectivity index (χ3n) is 3.13. The van der Waals surface area contributed by atoms with E-state index >= 15 is 0 Å². The summed E-state index contributed by atoms with van der Waals surface area (Å²) in [5.41, 5.74) is 0.529. The van der Waals surface area contributed by atoms with Crippen LogP contribution in [0.4, 0.5) is 5.69 Å². The Labute approximate surface area is 138 Å². The van der Waals surface area contributed by atoms with E-state index < -0.39 is 18.0 Å². The molecule has 23 heavy (non-hydrogen) atoms. The maximum absolute atomic E-state index is 12.2. The highest BCUT2D eigenvalue weighted by molar-refractivity contribution is 6.31. The summed E-state index contributed by atoms with van der Waals surface area (Å²) in [6, 6.07) is 12.9. The first-order valence-electron chi connectivity index (χ1n) is 7.06. The van der Waals surface area contributed by atoms with Crippen LogP contribution in [0, 0.1) is 0 Å². The van der Waals surface area contributed by atoms with Gasteiger partial charge in [-0.2, -0.15) is 0 Å². The summed E-state index contributed by atoms with van der Waals surface area (Å²) >= 11 is 5.80. The Balaban J connectivity index is 2.08. The van der Waals surface area contributed by atoms with Gasteiger partial charge in [0.15, 0.2) is 6.10 Å². The Bertz CT molecular complexity index is 703. The van der Waals surface area contributed by atoms with Crippen molar-refractivity contribution in [3.05, 3.63) is 59.1 Å².